The molecule has 0 spiro atoms. The Bertz CT molecular complexity index is 735. The fourth-order valence-corrected chi connectivity index (χ4v) is 3.14. The number of carbonyl (C=O) groups is 1. The molecule has 0 amide bonds. The summed E-state index contributed by atoms with van der Waals surface area (Å²) in [5.74, 6) is -1.11. The van der Waals surface area contributed by atoms with Crippen LogP contribution in [0.25, 0.3) is 0 Å². The summed E-state index contributed by atoms with van der Waals surface area (Å²) in [6.07, 6.45) is 0. The highest BCUT2D eigenvalue weighted by molar-refractivity contribution is 7.80. The van der Waals surface area contributed by atoms with Crippen molar-refractivity contribution in [3.63, 3.8) is 0 Å². The van der Waals surface area contributed by atoms with Crippen LogP contribution in [-0.2, 0) is 4.79 Å². The molecule has 1 aromatic carbocycles. The van der Waals surface area contributed by atoms with E-state index in [9.17, 15) is 20.0 Å². The Morgan fingerprint density at radius 1 is 1.57 bits per heavy atom. The Labute approximate surface area is 142 Å². The van der Waals surface area contributed by atoms with Crippen LogP contribution in [0.4, 0.5) is 5.69 Å². The van der Waals surface area contributed by atoms with E-state index in [-0.39, 0.29) is 16.3 Å². The van der Waals surface area contributed by atoms with Gasteiger partial charge in [0.15, 0.2) is 5.11 Å². The van der Waals surface area contributed by atoms with E-state index in [0.717, 1.165) is 0 Å². The van der Waals surface area contributed by atoms with E-state index in [1.807, 2.05) is 6.92 Å². The third-order valence-corrected chi connectivity index (χ3v) is 4.25. The van der Waals surface area contributed by atoms with Gasteiger partial charge in [-0.05, 0) is 37.7 Å². The number of nitrogens with one attached hydrogen (secondary N) is 1. The van der Waals surface area contributed by atoms with Gasteiger partial charge in [-0.25, -0.2) is 4.79 Å². The summed E-state index contributed by atoms with van der Waals surface area (Å²) in [6.45, 7) is 3.88. The van der Waals surface area contributed by atoms with Gasteiger partial charge >= 0.3 is 5.97 Å². The van der Waals surface area contributed by atoms with Gasteiger partial charge in [0.05, 0.1) is 16.5 Å². The monoisotopic (exact) mass is 355 g/mol. The number of halogens is 1. The highest BCUT2D eigenvalue weighted by atomic mass is 35.5. The minimum Gasteiger partial charge on any atom is -0.478 e. The fraction of sp³-hybridized carbons (Fsp3) is 0.286. The Morgan fingerprint density at radius 2 is 2.22 bits per heavy atom. The Morgan fingerprint density at radius 3 is 2.74 bits per heavy atom. The Kier molecular flexibility index (Phi) is 4.86. The lowest BCUT2D eigenvalue weighted by atomic mass is 9.93. The third kappa shape index (κ3) is 3.13. The van der Waals surface area contributed by atoms with Gasteiger partial charge in [0.1, 0.15) is 5.02 Å². The molecule has 0 radical (unpaired) electrons. The first-order valence-corrected chi connectivity index (χ1v) is 7.52. The molecule has 0 saturated carbocycles. The van der Waals surface area contributed by atoms with Crippen molar-refractivity contribution in [1.29, 1.82) is 0 Å². The second kappa shape index (κ2) is 6.51. The Hall–Kier alpha value is -2.19. The van der Waals surface area contributed by atoms with Crippen molar-refractivity contribution < 1.29 is 14.8 Å². The van der Waals surface area contributed by atoms with Crippen LogP contribution in [0, 0.1) is 10.1 Å². The van der Waals surface area contributed by atoms with Gasteiger partial charge in [-0.3, -0.25) is 10.1 Å². The molecule has 23 heavy (non-hydrogen) atoms. The molecule has 2 N–H and O–H groups in total. The van der Waals surface area contributed by atoms with Gasteiger partial charge < -0.3 is 15.3 Å². The zero-order valence-corrected chi connectivity index (χ0v) is 13.9. The van der Waals surface area contributed by atoms with Gasteiger partial charge in [-0.1, -0.05) is 17.7 Å². The molecule has 1 aromatic rings. The van der Waals surface area contributed by atoms with Crippen LogP contribution in [0.3, 0.4) is 0 Å². The summed E-state index contributed by atoms with van der Waals surface area (Å²) in [5, 5.41) is 23.9. The SMILES string of the molecule is CCN1C(=S)NC(C)=C(C(=O)O)C1c1ccc(Cl)c([N+](=O)[O-])c1. The molecule has 0 aliphatic carbocycles. The molecule has 0 fully saturated rings. The van der Waals surface area contributed by atoms with E-state index in [4.69, 9.17) is 23.8 Å². The van der Waals surface area contributed by atoms with E-state index >= 15 is 0 Å². The molecular formula is C14H14ClN3O4S. The van der Waals surface area contributed by atoms with Gasteiger partial charge in [0, 0.05) is 18.3 Å². The zero-order valence-electron chi connectivity index (χ0n) is 12.4. The van der Waals surface area contributed by atoms with Gasteiger partial charge in [0.25, 0.3) is 5.69 Å². The molecule has 1 aliphatic rings. The summed E-state index contributed by atoms with van der Waals surface area (Å²) in [6, 6.07) is 3.54. The predicted octanol–water partition coefficient (Wildman–Crippen LogP) is 2.86. The first kappa shape index (κ1) is 17.2. The quantitative estimate of drug-likeness (QED) is 0.487. The minimum absolute atomic E-state index is 0.00381. The maximum atomic E-state index is 11.7. The first-order chi connectivity index (χ1) is 10.8. The highest BCUT2D eigenvalue weighted by Gasteiger charge is 2.36. The van der Waals surface area contributed by atoms with Crippen LogP contribution in [0.2, 0.25) is 5.02 Å². The van der Waals surface area contributed by atoms with Crippen LogP contribution in [0.1, 0.15) is 25.5 Å². The van der Waals surface area contributed by atoms with Crippen molar-refractivity contribution in [2.75, 3.05) is 6.54 Å². The van der Waals surface area contributed by atoms with E-state index in [1.54, 1.807) is 17.9 Å². The normalized spacial score (nSPS) is 18.0. The number of allylic oxidation sites excluding steroid dienone is 1. The number of carboxylic acid groups (broad SMARTS) is 1. The number of carboxylic acids is 1. The molecule has 1 aliphatic heterocycles. The lowest BCUT2D eigenvalue weighted by molar-refractivity contribution is -0.384. The molecule has 1 heterocycles. The van der Waals surface area contributed by atoms with Crippen molar-refractivity contribution >= 4 is 40.6 Å². The second-order valence-corrected chi connectivity index (χ2v) is 5.72. The maximum absolute atomic E-state index is 11.7. The molecule has 1 unspecified atom stereocenters. The number of rotatable bonds is 4. The van der Waals surface area contributed by atoms with Crippen LogP contribution in [-0.4, -0.2) is 32.6 Å². The zero-order chi connectivity index (χ0) is 17.3. The lowest BCUT2D eigenvalue weighted by Crippen LogP contribution is -2.48. The minimum atomic E-state index is -1.11. The number of nitrogens with zero attached hydrogens (tertiary/aromatic N) is 2. The molecule has 9 heteroatoms. The summed E-state index contributed by atoms with van der Waals surface area (Å²) >= 11 is 11.1. The second-order valence-electron chi connectivity index (χ2n) is 4.93. The van der Waals surface area contributed by atoms with Crippen molar-refractivity contribution in [2.45, 2.75) is 19.9 Å². The number of benzene rings is 1. The highest BCUT2D eigenvalue weighted by Crippen LogP contribution is 2.36. The number of thiocarbonyl (C=S) groups is 1. The average molecular weight is 356 g/mol. The van der Waals surface area contributed by atoms with Crippen LogP contribution < -0.4 is 5.32 Å². The lowest BCUT2D eigenvalue weighted by Gasteiger charge is -2.38. The number of nitro benzene ring substituents is 1. The summed E-state index contributed by atoms with van der Waals surface area (Å²) in [7, 11) is 0. The molecular weight excluding hydrogens is 342 g/mol. The topological polar surface area (TPSA) is 95.7 Å². The van der Waals surface area contributed by atoms with Crippen molar-refractivity contribution in [1.82, 2.24) is 10.2 Å². The molecule has 7 nitrogen and oxygen atoms in total. The number of hydrogen-bond acceptors (Lipinski definition) is 4. The van der Waals surface area contributed by atoms with Gasteiger partial charge in [-0.15, -0.1) is 0 Å². The average Bonchev–Trinajstić information content (AvgIpc) is 2.46. The van der Waals surface area contributed by atoms with E-state index in [0.29, 0.717) is 22.9 Å². The van der Waals surface area contributed by atoms with Crippen molar-refractivity contribution in [3.8, 4) is 0 Å². The van der Waals surface area contributed by atoms with E-state index < -0.39 is 16.9 Å². The smallest absolute Gasteiger partial charge is 0.335 e. The van der Waals surface area contributed by atoms with Gasteiger partial charge in [-0.2, -0.15) is 0 Å². The van der Waals surface area contributed by atoms with Crippen LogP contribution in [0.5, 0.6) is 0 Å². The first-order valence-electron chi connectivity index (χ1n) is 6.73. The van der Waals surface area contributed by atoms with Crippen LogP contribution >= 0.6 is 23.8 Å². The van der Waals surface area contributed by atoms with E-state index in [2.05, 4.69) is 5.32 Å². The molecule has 2 rings (SSSR count). The number of aliphatic carboxylic acids is 1. The number of likely N-dealkylation sites (N-methyl/N-ethyl adjacent to an activating group) is 1. The van der Waals surface area contributed by atoms with Crippen molar-refractivity contribution in [2.24, 2.45) is 0 Å². The molecule has 122 valence electrons. The maximum Gasteiger partial charge on any atom is 0.335 e. The Balaban J connectivity index is 2.67. The standard InChI is InChI=1S/C14H14ClN3O4S/c1-3-17-12(11(13(19)20)7(2)16-14(17)23)8-4-5-9(15)10(6-8)18(21)22/h4-6,12H,3H2,1-2H3,(H,16,23)(H,19,20). The van der Waals surface area contributed by atoms with E-state index in [1.165, 1.54) is 12.1 Å². The largest absolute Gasteiger partial charge is 0.478 e. The van der Waals surface area contributed by atoms with Crippen LogP contribution in [0.15, 0.2) is 29.5 Å². The fourth-order valence-electron chi connectivity index (χ4n) is 2.57. The molecule has 1 atom stereocenters. The molecule has 0 aromatic heterocycles. The summed E-state index contributed by atoms with van der Waals surface area (Å²) in [5.41, 5.74) is 0.683. The molecule has 0 bridgehead atoms. The summed E-state index contributed by atoms with van der Waals surface area (Å²) in [4.78, 5) is 23.8. The molecule has 0 saturated heterocycles. The van der Waals surface area contributed by atoms with Gasteiger partial charge in [0.2, 0.25) is 0 Å². The number of nitro groups is 1. The number of hydrogen-bond donors (Lipinski definition) is 2. The third-order valence-electron chi connectivity index (χ3n) is 3.60. The predicted molar refractivity (Wildman–Crippen MR) is 89.3 cm³/mol. The van der Waals surface area contributed by atoms with Crippen molar-refractivity contribution in [3.05, 3.63) is 50.2 Å². The summed E-state index contributed by atoms with van der Waals surface area (Å²) < 4.78 is 0.